The molecule has 2 rings (SSSR count). The van der Waals surface area contributed by atoms with Crippen molar-refractivity contribution in [3.8, 4) is 0 Å². The van der Waals surface area contributed by atoms with E-state index >= 15 is 0 Å². The van der Waals surface area contributed by atoms with Crippen LogP contribution in [0.15, 0.2) is 0 Å². The Balaban J connectivity index is 1.47. The molecule has 0 aliphatic carbocycles. The molecule has 2 amide bonds. The standard InChI is InChI=1S/C17H30N2O3/c20-16-8-2-1-4-10-18(16)12-6-14-22-15-7-13-19-11-5-3-9-17(19)21/h1-15H2. The summed E-state index contributed by atoms with van der Waals surface area (Å²) < 4.78 is 5.64. The highest BCUT2D eigenvalue weighted by molar-refractivity contribution is 5.77. The van der Waals surface area contributed by atoms with Crippen molar-refractivity contribution < 1.29 is 14.3 Å². The molecule has 2 aliphatic heterocycles. The lowest BCUT2D eigenvalue weighted by atomic mass is 10.1. The molecule has 0 unspecified atom stereocenters. The van der Waals surface area contributed by atoms with Crippen LogP contribution in [0.2, 0.25) is 0 Å². The van der Waals surface area contributed by atoms with Gasteiger partial charge in [0.25, 0.3) is 0 Å². The maximum atomic E-state index is 11.8. The molecule has 0 atom stereocenters. The van der Waals surface area contributed by atoms with Gasteiger partial charge >= 0.3 is 0 Å². The van der Waals surface area contributed by atoms with Crippen molar-refractivity contribution in [3.63, 3.8) is 0 Å². The molecule has 0 radical (unpaired) electrons. The van der Waals surface area contributed by atoms with E-state index in [1.165, 1.54) is 6.42 Å². The average Bonchev–Trinajstić information content (AvgIpc) is 2.73. The van der Waals surface area contributed by atoms with Crippen LogP contribution in [-0.4, -0.2) is 61.0 Å². The second-order valence-electron chi connectivity index (χ2n) is 6.35. The third-order valence-electron chi connectivity index (χ3n) is 4.53. The number of ether oxygens (including phenoxy) is 1. The second kappa shape index (κ2) is 9.82. The molecule has 126 valence electrons. The van der Waals surface area contributed by atoms with Crippen LogP contribution in [0, 0.1) is 0 Å². The lowest BCUT2D eigenvalue weighted by Crippen LogP contribution is -2.36. The first-order valence-electron chi connectivity index (χ1n) is 8.90. The van der Waals surface area contributed by atoms with Crippen LogP contribution in [0.4, 0.5) is 0 Å². The average molecular weight is 310 g/mol. The fraction of sp³-hybridized carbons (Fsp3) is 0.882. The summed E-state index contributed by atoms with van der Waals surface area (Å²) in [5, 5.41) is 0. The summed E-state index contributed by atoms with van der Waals surface area (Å²) in [5.41, 5.74) is 0. The molecule has 5 heteroatoms. The number of carbonyl (C=O) groups excluding carboxylic acids is 2. The number of rotatable bonds is 8. The topological polar surface area (TPSA) is 49.9 Å². The lowest BCUT2D eigenvalue weighted by molar-refractivity contribution is -0.133. The largest absolute Gasteiger partial charge is 0.381 e. The number of hydrogen-bond donors (Lipinski definition) is 0. The van der Waals surface area contributed by atoms with Gasteiger partial charge in [-0.3, -0.25) is 9.59 Å². The normalized spacial score (nSPS) is 20.4. The molecule has 0 aromatic carbocycles. The first kappa shape index (κ1) is 17.3. The van der Waals surface area contributed by atoms with Crippen molar-refractivity contribution in [2.75, 3.05) is 39.4 Å². The summed E-state index contributed by atoms with van der Waals surface area (Å²) in [6.07, 6.45) is 8.78. The maximum absolute atomic E-state index is 11.8. The minimum absolute atomic E-state index is 0.297. The molecule has 0 bridgehead atoms. The number of nitrogens with zero attached hydrogens (tertiary/aromatic N) is 2. The molecule has 2 fully saturated rings. The monoisotopic (exact) mass is 310 g/mol. The van der Waals surface area contributed by atoms with E-state index in [2.05, 4.69) is 0 Å². The van der Waals surface area contributed by atoms with Crippen molar-refractivity contribution in [3.05, 3.63) is 0 Å². The predicted molar refractivity (Wildman–Crippen MR) is 85.5 cm³/mol. The van der Waals surface area contributed by atoms with Crippen molar-refractivity contribution in [1.29, 1.82) is 0 Å². The minimum Gasteiger partial charge on any atom is -0.381 e. The second-order valence-corrected chi connectivity index (χ2v) is 6.35. The van der Waals surface area contributed by atoms with Crippen LogP contribution >= 0.6 is 0 Å². The minimum atomic E-state index is 0.297. The molecule has 22 heavy (non-hydrogen) atoms. The molecule has 0 N–H and O–H groups in total. The van der Waals surface area contributed by atoms with Gasteiger partial charge in [-0.25, -0.2) is 0 Å². The Morgan fingerprint density at radius 2 is 1.23 bits per heavy atom. The Morgan fingerprint density at radius 1 is 0.727 bits per heavy atom. The van der Waals surface area contributed by atoms with E-state index in [4.69, 9.17) is 4.74 Å². The van der Waals surface area contributed by atoms with Crippen molar-refractivity contribution in [2.45, 2.75) is 57.8 Å². The maximum Gasteiger partial charge on any atom is 0.222 e. The summed E-state index contributed by atoms with van der Waals surface area (Å²) in [4.78, 5) is 27.4. The fourth-order valence-electron chi connectivity index (χ4n) is 3.19. The zero-order valence-electron chi connectivity index (χ0n) is 13.7. The Bertz CT molecular complexity index is 360. The molecule has 0 spiro atoms. The molecule has 2 aliphatic rings. The van der Waals surface area contributed by atoms with Crippen LogP contribution in [0.1, 0.15) is 57.8 Å². The van der Waals surface area contributed by atoms with Crippen LogP contribution < -0.4 is 0 Å². The summed E-state index contributed by atoms with van der Waals surface area (Å²) in [5.74, 6) is 0.604. The van der Waals surface area contributed by atoms with Gasteiger partial charge in [-0.15, -0.1) is 0 Å². The first-order chi connectivity index (χ1) is 10.8. The number of piperidine rings is 1. The van der Waals surface area contributed by atoms with Gasteiger partial charge in [0.1, 0.15) is 0 Å². The summed E-state index contributed by atoms with van der Waals surface area (Å²) in [6.45, 7) is 4.88. The molecule has 5 nitrogen and oxygen atoms in total. The van der Waals surface area contributed by atoms with Gasteiger partial charge in [0, 0.05) is 52.2 Å². The Kier molecular flexibility index (Phi) is 7.71. The lowest BCUT2D eigenvalue weighted by Gasteiger charge is -2.26. The highest BCUT2D eigenvalue weighted by Crippen LogP contribution is 2.12. The van der Waals surface area contributed by atoms with E-state index in [1.54, 1.807) is 0 Å². The van der Waals surface area contributed by atoms with Gasteiger partial charge in [-0.1, -0.05) is 6.42 Å². The van der Waals surface area contributed by atoms with Crippen molar-refractivity contribution in [2.24, 2.45) is 0 Å². The highest BCUT2D eigenvalue weighted by atomic mass is 16.5. The molecular formula is C17H30N2O3. The smallest absolute Gasteiger partial charge is 0.222 e. The van der Waals surface area contributed by atoms with Gasteiger partial charge in [-0.2, -0.15) is 0 Å². The van der Waals surface area contributed by atoms with Crippen LogP contribution in [-0.2, 0) is 14.3 Å². The SMILES string of the molecule is O=C1CCCCCN1CCCOCCCN1CCCCC1=O. The molecule has 0 aromatic heterocycles. The van der Waals surface area contributed by atoms with E-state index in [0.29, 0.717) is 37.9 Å². The summed E-state index contributed by atoms with van der Waals surface area (Å²) >= 11 is 0. The van der Waals surface area contributed by atoms with E-state index in [0.717, 1.165) is 64.7 Å². The Morgan fingerprint density at radius 3 is 1.82 bits per heavy atom. The van der Waals surface area contributed by atoms with E-state index in [-0.39, 0.29) is 0 Å². The number of likely N-dealkylation sites (tertiary alicyclic amines) is 2. The molecular weight excluding hydrogens is 280 g/mol. The molecule has 2 saturated heterocycles. The summed E-state index contributed by atoms with van der Waals surface area (Å²) in [7, 11) is 0. The third-order valence-corrected chi connectivity index (χ3v) is 4.53. The van der Waals surface area contributed by atoms with E-state index in [1.807, 2.05) is 9.80 Å². The van der Waals surface area contributed by atoms with Crippen molar-refractivity contribution >= 4 is 11.8 Å². The van der Waals surface area contributed by atoms with Gasteiger partial charge in [-0.05, 0) is 38.5 Å². The molecule has 0 saturated carbocycles. The number of amides is 2. The van der Waals surface area contributed by atoms with Gasteiger partial charge < -0.3 is 14.5 Å². The number of hydrogen-bond acceptors (Lipinski definition) is 3. The van der Waals surface area contributed by atoms with Crippen molar-refractivity contribution in [1.82, 2.24) is 9.80 Å². The zero-order valence-corrected chi connectivity index (χ0v) is 13.7. The zero-order chi connectivity index (χ0) is 15.6. The molecule has 2 heterocycles. The van der Waals surface area contributed by atoms with Crippen LogP contribution in [0.3, 0.4) is 0 Å². The fourth-order valence-corrected chi connectivity index (χ4v) is 3.19. The quantitative estimate of drug-likeness (QED) is 0.646. The first-order valence-corrected chi connectivity index (χ1v) is 8.90. The Labute approximate surface area is 134 Å². The highest BCUT2D eigenvalue weighted by Gasteiger charge is 2.17. The van der Waals surface area contributed by atoms with Crippen LogP contribution in [0.25, 0.3) is 0 Å². The van der Waals surface area contributed by atoms with E-state index in [9.17, 15) is 9.59 Å². The predicted octanol–water partition coefficient (Wildman–Crippen LogP) is 2.20. The summed E-state index contributed by atoms with van der Waals surface area (Å²) in [6, 6.07) is 0. The molecule has 0 aromatic rings. The van der Waals surface area contributed by atoms with Crippen LogP contribution in [0.5, 0.6) is 0 Å². The third kappa shape index (κ3) is 5.95. The number of carbonyl (C=O) groups is 2. The van der Waals surface area contributed by atoms with Gasteiger partial charge in [0.15, 0.2) is 0 Å². The Hall–Kier alpha value is -1.10. The van der Waals surface area contributed by atoms with E-state index < -0.39 is 0 Å². The van der Waals surface area contributed by atoms with Gasteiger partial charge in [0.05, 0.1) is 0 Å². The van der Waals surface area contributed by atoms with Gasteiger partial charge in [0.2, 0.25) is 11.8 Å².